The van der Waals surface area contributed by atoms with E-state index in [0.717, 1.165) is 5.75 Å². The number of rotatable bonds is 8. The summed E-state index contributed by atoms with van der Waals surface area (Å²) in [4.78, 5) is 11.9. The largest absolute Gasteiger partial charge is 0.497 e. The van der Waals surface area contributed by atoms with Crippen molar-refractivity contribution in [3.8, 4) is 17.2 Å². The first kappa shape index (κ1) is 17.9. The smallest absolute Gasteiger partial charge is 0.258 e. The summed E-state index contributed by atoms with van der Waals surface area (Å²) >= 11 is 5.86. The van der Waals surface area contributed by atoms with E-state index in [0.29, 0.717) is 23.1 Å². The zero-order chi connectivity index (χ0) is 17.4. The van der Waals surface area contributed by atoms with Crippen LogP contribution in [0.25, 0.3) is 0 Å². The lowest BCUT2D eigenvalue weighted by molar-refractivity contribution is -0.123. The van der Waals surface area contributed by atoms with Crippen LogP contribution in [0.5, 0.6) is 17.2 Å². The predicted molar refractivity (Wildman–Crippen MR) is 93.0 cm³/mol. The van der Waals surface area contributed by atoms with Gasteiger partial charge in [0, 0.05) is 5.02 Å². The second kappa shape index (κ2) is 9.03. The summed E-state index contributed by atoms with van der Waals surface area (Å²) < 4.78 is 16.1. The summed E-state index contributed by atoms with van der Waals surface area (Å²) in [7, 11) is 1.61. The van der Waals surface area contributed by atoms with Gasteiger partial charge in [-0.3, -0.25) is 4.79 Å². The van der Waals surface area contributed by atoms with Crippen molar-refractivity contribution in [2.45, 2.75) is 13.0 Å². The third-order valence-corrected chi connectivity index (χ3v) is 3.37. The molecule has 0 aliphatic carbocycles. The number of carbonyl (C=O) groups excluding carboxylic acids is 1. The summed E-state index contributed by atoms with van der Waals surface area (Å²) in [6.45, 7) is 2.14. The van der Waals surface area contributed by atoms with Crippen LogP contribution in [0.4, 0.5) is 0 Å². The normalized spacial score (nSPS) is 11.5. The highest BCUT2D eigenvalue weighted by molar-refractivity contribution is 6.30. The van der Waals surface area contributed by atoms with Crippen molar-refractivity contribution in [3.63, 3.8) is 0 Å². The van der Waals surface area contributed by atoms with Gasteiger partial charge in [0.15, 0.2) is 6.61 Å². The molecule has 0 aliphatic heterocycles. The minimum absolute atomic E-state index is 0.0762. The van der Waals surface area contributed by atoms with Crippen LogP contribution in [0.3, 0.4) is 0 Å². The predicted octanol–water partition coefficient (Wildman–Crippen LogP) is 3.31. The third-order valence-electron chi connectivity index (χ3n) is 3.13. The fraction of sp³-hybridized carbons (Fsp3) is 0.278. The lowest BCUT2D eigenvalue weighted by Gasteiger charge is -2.15. The number of carbonyl (C=O) groups is 1. The highest BCUT2D eigenvalue weighted by atomic mass is 35.5. The van der Waals surface area contributed by atoms with Crippen molar-refractivity contribution in [1.29, 1.82) is 0 Å². The van der Waals surface area contributed by atoms with Crippen LogP contribution >= 0.6 is 11.6 Å². The number of benzene rings is 2. The van der Waals surface area contributed by atoms with Gasteiger partial charge in [-0.2, -0.15) is 0 Å². The SMILES string of the molecule is COc1ccc(OCC(C)NC(=O)COc2cccc(Cl)c2)cc1. The van der Waals surface area contributed by atoms with E-state index < -0.39 is 0 Å². The zero-order valence-electron chi connectivity index (χ0n) is 13.6. The molecule has 2 aromatic carbocycles. The zero-order valence-corrected chi connectivity index (χ0v) is 14.4. The van der Waals surface area contributed by atoms with Crippen molar-refractivity contribution in [2.75, 3.05) is 20.3 Å². The molecule has 1 unspecified atom stereocenters. The summed E-state index contributed by atoms with van der Waals surface area (Å²) in [5, 5.41) is 3.37. The maximum absolute atomic E-state index is 11.9. The molecule has 24 heavy (non-hydrogen) atoms. The van der Waals surface area contributed by atoms with E-state index >= 15 is 0 Å². The van der Waals surface area contributed by atoms with Gasteiger partial charge in [0.05, 0.1) is 13.2 Å². The van der Waals surface area contributed by atoms with Crippen molar-refractivity contribution < 1.29 is 19.0 Å². The molecular weight excluding hydrogens is 330 g/mol. The number of amides is 1. The first-order valence-electron chi connectivity index (χ1n) is 7.51. The van der Waals surface area contributed by atoms with Crippen LogP contribution in [0.1, 0.15) is 6.92 Å². The molecular formula is C18H20ClNO4. The van der Waals surface area contributed by atoms with Gasteiger partial charge in [-0.05, 0) is 49.4 Å². The molecule has 0 bridgehead atoms. The molecule has 2 rings (SSSR count). The van der Waals surface area contributed by atoms with E-state index in [-0.39, 0.29) is 18.6 Å². The number of halogens is 1. The van der Waals surface area contributed by atoms with Gasteiger partial charge >= 0.3 is 0 Å². The summed E-state index contributed by atoms with van der Waals surface area (Å²) in [6, 6.07) is 14.0. The van der Waals surface area contributed by atoms with Gasteiger partial charge in [0.25, 0.3) is 5.91 Å². The lowest BCUT2D eigenvalue weighted by Crippen LogP contribution is -2.39. The van der Waals surface area contributed by atoms with Gasteiger partial charge in [-0.25, -0.2) is 0 Å². The standard InChI is InChI=1S/C18H20ClNO4/c1-13(11-23-16-8-6-15(22-2)7-9-16)20-18(21)12-24-17-5-3-4-14(19)10-17/h3-10,13H,11-12H2,1-2H3,(H,20,21). The Bertz CT molecular complexity index is 660. The van der Waals surface area contributed by atoms with Crippen LogP contribution in [0, 0.1) is 0 Å². The molecule has 0 saturated heterocycles. The number of ether oxygens (including phenoxy) is 3. The average Bonchev–Trinajstić information content (AvgIpc) is 2.59. The van der Waals surface area contributed by atoms with Gasteiger partial charge in [0.1, 0.15) is 23.9 Å². The first-order valence-corrected chi connectivity index (χ1v) is 7.89. The van der Waals surface area contributed by atoms with E-state index in [1.54, 1.807) is 31.4 Å². The van der Waals surface area contributed by atoms with E-state index in [1.807, 2.05) is 31.2 Å². The molecule has 1 amide bonds. The van der Waals surface area contributed by atoms with Crippen molar-refractivity contribution >= 4 is 17.5 Å². The average molecular weight is 350 g/mol. The van der Waals surface area contributed by atoms with E-state index in [1.165, 1.54) is 0 Å². The van der Waals surface area contributed by atoms with Crippen LogP contribution in [-0.4, -0.2) is 32.3 Å². The maximum atomic E-state index is 11.9. The molecule has 1 N–H and O–H groups in total. The summed E-state index contributed by atoms with van der Waals surface area (Å²) in [6.07, 6.45) is 0. The highest BCUT2D eigenvalue weighted by Crippen LogP contribution is 2.18. The fourth-order valence-electron chi connectivity index (χ4n) is 1.96. The fourth-order valence-corrected chi connectivity index (χ4v) is 2.14. The second-order valence-corrected chi connectivity index (χ2v) is 5.64. The monoisotopic (exact) mass is 349 g/mol. The molecule has 128 valence electrons. The molecule has 0 aliphatic rings. The quantitative estimate of drug-likeness (QED) is 0.794. The number of hydrogen-bond donors (Lipinski definition) is 1. The Morgan fingerprint density at radius 3 is 2.46 bits per heavy atom. The van der Waals surface area contributed by atoms with Crippen LogP contribution in [-0.2, 0) is 4.79 Å². The number of nitrogens with one attached hydrogen (secondary N) is 1. The van der Waals surface area contributed by atoms with Crippen molar-refractivity contribution in [2.24, 2.45) is 0 Å². The third kappa shape index (κ3) is 6.01. The Labute approximate surface area is 146 Å². The molecule has 5 nitrogen and oxygen atoms in total. The molecule has 1 atom stereocenters. The highest BCUT2D eigenvalue weighted by Gasteiger charge is 2.09. The molecule has 0 aromatic heterocycles. The molecule has 0 heterocycles. The maximum Gasteiger partial charge on any atom is 0.258 e. The Morgan fingerprint density at radius 1 is 1.08 bits per heavy atom. The Balaban J connectivity index is 1.70. The second-order valence-electron chi connectivity index (χ2n) is 5.20. The molecule has 6 heteroatoms. The molecule has 0 saturated carbocycles. The Hall–Kier alpha value is -2.40. The van der Waals surface area contributed by atoms with E-state index in [9.17, 15) is 4.79 Å². The lowest BCUT2D eigenvalue weighted by atomic mass is 10.3. The van der Waals surface area contributed by atoms with Gasteiger partial charge in [0.2, 0.25) is 0 Å². The Kier molecular flexibility index (Phi) is 6.75. The summed E-state index contributed by atoms with van der Waals surface area (Å²) in [5.74, 6) is 1.81. The van der Waals surface area contributed by atoms with Crippen molar-refractivity contribution in [3.05, 3.63) is 53.6 Å². The van der Waals surface area contributed by atoms with Crippen LogP contribution < -0.4 is 19.5 Å². The molecule has 0 fully saturated rings. The van der Waals surface area contributed by atoms with Gasteiger partial charge in [-0.1, -0.05) is 17.7 Å². The topological polar surface area (TPSA) is 56.8 Å². The van der Waals surface area contributed by atoms with Gasteiger partial charge in [-0.15, -0.1) is 0 Å². The number of hydrogen-bond acceptors (Lipinski definition) is 4. The van der Waals surface area contributed by atoms with Crippen molar-refractivity contribution in [1.82, 2.24) is 5.32 Å². The van der Waals surface area contributed by atoms with E-state index in [2.05, 4.69) is 5.32 Å². The van der Waals surface area contributed by atoms with Crippen LogP contribution in [0.15, 0.2) is 48.5 Å². The van der Waals surface area contributed by atoms with E-state index in [4.69, 9.17) is 25.8 Å². The number of methoxy groups -OCH3 is 1. The molecule has 2 aromatic rings. The van der Waals surface area contributed by atoms with Crippen LogP contribution in [0.2, 0.25) is 5.02 Å². The first-order chi connectivity index (χ1) is 11.6. The van der Waals surface area contributed by atoms with Gasteiger partial charge < -0.3 is 19.5 Å². The molecule has 0 spiro atoms. The minimum Gasteiger partial charge on any atom is -0.497 e. The minimum atomic E-state index is -0.221. The summed E-state index contributed by atoms with van der Waals surface area (Å²) in [5.41, 5.74) is 0. The molecule has 0 radical (unpaired) electrons. The Morgan fingerprint density at radius 2 is 1.79 bits per heavy atom.